The molecule has 2 N–H and O–H groups in total. The maximum absolute atomic E-state index is 6.10. The number of nitrogens with one attached hydrogen (secondary N) is 2. The Labute approximate surface area is 119 Å². The van der Waals surface area contributed by atoms with Gasteiger partial charge in [-0.3, -0.25) is 0 Å². The molecule has 1 heterocycles. The summed E-state index contributed by atoms with van der Waals surface area (Å²) in [5.41, 5.74) is 0.751. The maximum Gasteiger partial charge on any atom is 0.191 e. The number of aromatic amines is 1. The van der Waals surface area contributed by atoms with Crippen LogP contribution in [-0.2, 0) is 6.54 Å². The van der Waals surface area contributed by atoms with Crippen molar-refractivity contribution in [3.05, 3.63) is 38.6 Å². The molecule has 0 aliphatic carbocycles. The summed E-state index contributed by atoms with van der Waals surface area (Å²) in [5, 5.41) is 18.4. The van der Waals surface area contributed by atoms with E-state index in [1.54, 1.807) is 12.1 Å². The van der Waals surface area contributed by atoms with E-state index in [9.17, 15) is 0 Å². The quantitative estimate of drug-likeness (QED) is 0.852. The van der Waals surface area contributed by atoms with Crippen LogP contribution in [-0.4, -0.2) is 20.6 Å². The Bertz CT molecular complexity index is 529. The number of rotatable bonds is 4. The Morgan fingerprint density at radius 3 is 2.67 bits per heavy atom. The molecule has 1 aromatic heterocycles. The van der Waals surface area contributed by atoms with Crippen LogP contribution in [0.25, 0.3) is 0 Å². The Kier molecular flexibility index (Phi) is 4.40. The second kappa shape index (κ2) is 5.84. The van der Waals surface area contributed by atoms with Crippen LogP contribution in [0.3, 0.4) is 0 Å². The van der Waals surface area contributed by atoms with Gasteiger partial charge in [0.1, 0.15) is 0 Å². The van der Waals surface area contributed by atoms with Gasteiger partial charge in [-0.15, -0.1) is 10.2 Å². The third kappa shape index (κ3) is 2.92. The van der Waals surface area contributed by atoms with Gasteiger partial charge in [-0.1, -0.05) is 40.0 Å². The topological polar surface area (TPSA) is 66.5 Å². The zero-order chi connectivity index (χ0) is 13.1. The fourth-order valence-electron chi connectivity index (χ4n) is 1.43. The van der Waals surface area contributed by atoms with Crippen LogP contribution in [0.1, 0.15) is 24.4 Å². The first kappa shape index (κ1) is 13.5. The van der Waals surface area contributed by atoms with E-state index < -0.39 is 0 Å². The summed E-state index contributed by atoms with van der Waals surface area (Å²) in [5.74, 6) is 0.573. The summed E-state index contributed by atoms with van der Waals surface area (Å²) in [6, 6.07) is 3.30. The lowest BCUT2D eigenvalue weighted by atomic mass is 10.2. The van der Waals surface area contributed by atoms with Gasteiger partial charge in [0.15, 0.2) is 5.82 Å². The molecule has 1 unspecified atom stereocenters. The van der Waals surface area contributed by atoms with Gasteiger partial charge in [0.2, 0.25) is 0 Å². The number of nitrogens with zero attached hydrogens (tertiary/aromatic N) is 3. The van der Waals surface area contributed by atoms with E-state index in [1.807, 2.05) is 6.92 Å². The van der Waals surface area contributed by atoms with E-state index in [0.717, 1.165) is 5.56 Å². The smallest absolute Gasteiger partial charge is 0.191 e. The summed E-state index contributed by atoms with van der Waals surface area (Å²) < 4.78 is 0. The first-order valence-electron chi connectivity index (χ1n) is 5.18. The summed E-state index contributed by atoms with van der Waals surface area (Å²) in [6.45, 7) is 2.38. The monoisotopic (exact) mass is 305 g/mol. The average molecular weight is 307 g/mol. The lowest BCUT2D eigenvalue weighted by molar-refractivity contribution is 0.547. The number of halogens is 3. The van der Waals surface area contributed by atoms with Crippen molar-refractivity contribution in [2.24, 2.45) is 0 Å². The molecule has 0 aliphatic heterocycles. The van der Waals surface area contributed by atoms with Crippen LogP contribution in [0.2, 0.25) is 15.1 Å². The third-order valence-corrected chi connectivity index (χ3v) is 3.67. The van der Waals surface area contributed by atoms with E-state index in [2.05, 4.69) is 25.9 Å². The van der Waals surface area contributed by atoms with Crippen molar-refractivity contribution in [1.82, 2.24) is 25.9 Å². The molecule has 18 heavy (non-hydrogen) atoms. The molecular weight excluding hydrogens is 297 g/mol. The van der Waals surface area contributed by atoms with E-state index in [-0.39, 0.29) is 6.04 Å². The zero-order valence-electron chi connectivity index (χ0n) is 9.41. The molecule has 0 saturated heterocycles. The van der Waals surface area contributed by atoms with Crippen LogP contribution in [0.5, 0.6) is 0 Å². The second-order valence-electron chi connectivity index (χ2n) is 3.69. The first-order valence-corrected chi connectivity index (χ1v) is 6.32. The number of H-pyrrole nitrogens is 1. The number of benzene rings is 1. The van der Waals surface area contributed by atoms with Crippen LogP contribution in [0.15, 0.2) is 12.1 Å². The molecule has 0 bridgehead atoms. The van der Waals surface area contributed by atoms with Crippen molar-refractivity contribution in [2.45, 2.75) is 19.5 Å². The van der Waals surface area contributed by atoms with Gasteiger partial charge in [-0.25, -0.2) is 0 Å². The largest absolute Gasteiger partial charge is 0.303 e. The highest BCUT2D eigenvalue weighted by Crippen LogP contribution is 2.31. The highest BCUT2D eigenvalue weighted by Gasteiger charge is 2.13. The maximum atomic E-state index is 6.10. The minimum Gasteiger partial charge on any atom is -0.303 e. The molecule has 0 saturated carbocycles. The summed E-state index contributed by atoms with van der Waals surface area (Å²) in [6.07, 6.45) is 0. The molecule has 0 radical (unpaired) electrons. The van der Waals surface area contributed by atoms with Crippen LogP contribution in [0, 0.1) is 0 Å². The zero-order valence-corrected chi connectivity index (χ0v) is 11.7. The standard InChI is InChI=1S/C10H10Cl3N5/c1-5(10-15-17-18-16-10)14-4-6-7(11)2-3-8(12)9(6)13/h2-3,5,14H,4H2,1H3,(H,15,16,17,18). The predicted molar refractivity (Wildman–Crippen MR) is 70.9 cm³/mol. The number of tetrazole rings is 1. The Morgan fingerprint density at radius 1 is 1.28 bits per heavy atom. The Morgan fingerprint density at radius 2 is 2.00 bits per heavy atom. The fraction of sp³-hybridized carbons (Fsp3) is 0.300. The SMILES string of the molecule is CC(NCc1c(Cl)ccc(Cl)c1Cl)c1nn[nH]n1. The van der Waals surface area contributed by atoms with Crippen molar-refractivity contribution in [3.8, 4) is 0 Å². The highest BCUT2D eigenvalue weighted by molar-refractivity contribution is 6.44. The van der Waals surface area contributed by atoms with Crippen LogP contribution >= 0.6 is 34.8 Å². The van der Waals surface area contributed by atoms with Gasteiger partial charge in [0, 0.05) is 17.1 Å². The predicted octanol–water partition coefficient (Wildman–Crippen LogP) is 3.01. The fourth-order valence-corrected chi connectivity index (χ4v) is 2.11. The Hall–Kier alpha value is -0.880. The van der Waals surface area contributed by atoms with Gasteiger partial charge < -0.3 is 5.32 Å². The van der Waals surface area contributed by atoms with Crippen LogP contribution in [0.4, 0.5) is 0 Å². The van der Waals surface area contributed by atoms with Crippen LogP contribution < -0.4 is 5.32 Å². The summed E-state index contributed by atoms with van der Waals surface area (Å²) >= 11 is 18.1. The van der Waals surface area contributed by atoms with Crippen molar-refractivity contribution < 1.29 is 0 Å². The average Bonchev–Trinajstić information content (AvgIpc) is 2.87. The molecule has 0 fully saturated rings. The van der Waals surface area contributed by atoms with E-state index in [1.165, 1.54) is 0 Å². The van der Waals surface area contributed by atoms with Crippen molar-refractivity contribution in [1.29, 1.82) is 0 Å². The highest BCUT2D eigenvalue weighted by atomic mass is 35.5. The minimum atomic E-state index is -0.0742. The summed E-state index contributed by atoms with van der Waals surface area (Å²) in [7, 11) is 0. The molecule has 0 aliphatic rings. The molecule has 2 rings (SSSR count). The lowest BCUT2D eigenvalue weighted by Crippen LogP contribution is -2.19. The van der Waals surface area contributed by atoms with Crippen molar-refractivity contribution in [2.75, 3.05) is 0 Å². The molecule has 0 spiro atoms. The molecule has 1 atom stereocenters. The van der Waals surface area contributed by atoms with Gasteiger partial charge in [0.25, 0.3) is 0 Å². The lowest BCUT2D eigenvalue weighted by Gasteiger charge is -2.12. The van der Waals surface area contributed by atoms with Crippen molar-refractivity contribution in [3.63, 3.8) is 0 Å². The molecule has 8 heteroatoms. The molecule has 5 nitrogen and oxygen atoms in total. The van der Waals surface area contributed by atoms with Crippen molar-refractivity contribution >= 4 is 34.8 Å². The molecule has 2 aromatic rings. The van der Waals surface area contributed by atoms with Gasteiger partial charge >= 0.3 is 0 Å². The number of hydrogen-bond donors (Lipinski definition) is 2. The normalized spacial score (nSPS) is 12.7. The van der Waals surface area contributed by atoms with E-state index >= 15 is 0 Å². The number of aromatic nitrogens is 4. The first-order chi connectivity index (χ1) is 8.59. The molecule has 1 aromatic carbocycles. The molecule has 0 amide bonds. The van der Waals surface area contributed by atoms with Gasteiger partial charge in [-0.2, -0.15) is 5.21 Å². The molecular formula is C10H10Cl3N5. The second-order valence-corrected chi connectivity index (χ2v) is 4.89. The number of hydrogen-bond acceptors (Lipinski definition) is 4. The van der Waals surface area contributed by atoms with Gasteiger partial charge in [-0.05, 0) is 19.1 Å². The van der Waals surface area contributed by atoms with E-state index in [4.69, 9.17) is 34.8 Å². The molecule has 96 valence electrons. The summed E-state index contributed by atoms with van der Waals surface area (Å²) in [4.78, 5) is 0. The minimum absolute atomic E-state index is 0.0742. The Balaban J connectivity index is 2.09. The third-order valence-electron chi connectivity index (χ3n) is 2.47. The van der Waals surface area contributed by atoms with E-state index in [0.29, 0.717) is 27.4 Å². The van der Waals surface area contributed by atoms with Gasteiger partial charge in [0.05, 0.1) is 16.1 Å².